The maximum absolute atomic E-state index is 10.1. The third-order valence-electron chi connectivity index (χ3n) is 1.75. The smallest absolute Gasteiger partial charge is 0.303 e. The predicted octanol–water partition coefficient (Wildman–Crippen LogP) is 2.99. The van der Waals surface area contributed by atoms with Crippen LogP contribution in [0.5, 0.6) is 0 Å². The van der Waals surface area contributed by atoms with Gasteiger partial charge in [-0.05, 0) is 26.2 Å². The first-order chi connectivity index (χ1) is 5.77. The van der Waals surface area contributed by atoms with Crippen LogP contribution in [0, 0.1) is 0 Å². The van der Waals surface area contributed by atoms with Crippen LogP contribution in [0.15, 0.2) is 12.2 Å². The first-order valence-electron chi connectivity index (χ1n) is 4.60. The fourth-order valence-corrected chi connectivity index (χ4v) is 1.06. The minimum atomic E-state index is -0.677. The molecule has 0 aromatic carbocycles. The fourth-order valence-electron chi connectivity index (χ4n) is 1.06. The van der Waals surface area contributed by atoms with Crippen LogP contribution in [0.2, 0.25) is 0 Å². The zero-order chi connectivity index (χ0) is 9.23. The Bertz CT molecular complexity index is 139. The van der Waals surface area contributed by atoms with Gasteiger partial charge in [-0.1, -0.05) is 25.0 Å². The number of rotatable bonds is 7. The summed E-state index contributed by atoms with van der Waals surface area (Å²) in [7, 11) is 0. The largest absolute Gasteiger partial charge is 0.481 e. The molecule has 0 spiro atoms. The summed E-state index contributed by atoms with van der Waals surface area (Å²) in [5.41, 5.74) is 0. The summed E-state index contributed by atoms with van der Waals surface area (Å²) in [6.45, 7) is 2.02. The van der Waals surface area contributed by atoms with Crippen LogP contribution < -0.4 is 0 Å². The standard InChI is InChI=1S/C10H18O2/c1-2-3-4-5-6-7-8-9-10(11)12/h2-3H,4-9H2,1H3,(H,11,12). The Morgan fingerprint density at radius 3 is 2.50 bits per heavy atom. The second kappa shape index (κ2) is 8.31. The molecular formula is C10H18O2. The van der Waals surface area contributed by atoms with Gasteiger partial charge in [0.25, 0.3) is 0 Å². The molecular weight excluding hydrogens is 152 g/mol. The van der Waals surface area contributed by atoms with Crippen molar-refractivity contribution in [2.75, 3.05) is 0 Å². The van der Waals surface area contributed by atoms with Crippen molar-refractivity contribution in [3.05, 3.63) is 12.2 Å². The zero-order valence-electron chi connectivity index (χ0n) is 7.75. The van der Waals surface area contributed by atoms with Crippen LogP contribution in [-0.2, 0) is 4.79 Å². The van der Waals surface area contributed by atoms with E-state index in [1.54, 1.807) is 0 Å². The zero-order valence-corrected chi connectivity index (χ0v) is 7.75. The van der Waals surface area contributed by atoms with Crippen molar-refractivity contribution in [1.29, 1.82) is 0 Å². The van der Waals surface area contributed by atoms with E-state index in [2.05, 4.69) is 12.2 Å². The van der Waals surface area contributed by atoms with Gasteiger partial charge in [-0.15, -0.1) is 0 Å². The van der Waals surface area contributed by atoms with Crippen molar-refractivity contribution in [2.45, 2.75) is 45.4 Å². The Morgan fingerprint density at radius 2 is 1.92 bits per heavy atom. The molecule has 0 aliphatic carbocycles. The van der Waals surface area contributed by atoms with Crippen molar-refractivity contribution >= 4 is 5.97 Å². The Kier molecular flexibility index (Phi) is 7.76. The maximum Gasteiger partial charge on any atom is 0.303 e. The van der Waals surface area contributed by atoms with E-state index in [4.69, 9.17) is 5.11 Å². The third kappa shape index (κ3) is 9.21. The van der Waals surface area contributed by atoms with Gasteiger partial charge in [0.2, 0.25) is 0 Å². The average Bonchev–Trinajstić information content (AvgIpc) is 2.02. The van der Waals surface area contributed by atoms with Crippen molar-refractivity contribution in [1.82, 2.24) is 0 Å². The molecule has 0 heterocycles. The van der Waals surface area contributed by atoms with Crippen molar-refractivity contribution in [3.8, 4) is 0 Å². The molecule has 0 radical (unpaired) electrons. The molecule has 0 saturated heterocycles. The molecule has 0 rings (SSSR count). The van der Waals surface area contributed by atoms with Gasteiger partial charge in [0.1, 0.15) is 0 Å². The van der Waals surface area contributed by atoms with E-state index in [1.165, 1.54) is 6.42 Å². The van der Waals surface area contributed by atoms with E-state index in [9.17, 15) is 4.79 Å². The number of aliphatic carboxylic acids is 1. The van der Waals surface area contributed by atoms with Crippen LogP contribution in [0.1, 0.15) is 45.4 Å². The van der Waals surface area contributed by atoms with Gasteiger partial charge in [-0.3, -0.25) is 4.79 Å². The molecule has 0 aliphatic rings. The molecule has 0 aromatic rings. The molecule has 0 bridgehead atoms. The number of carboxylic acid groups (broad SMARTS) is 1. The number of unbranched alkanes of at least 4 members (excludes halogenated alkanes) is 4. The van der Waals surface area contributed by atoms with Crippen molar-refractivity contribution < 1.29 is 9.90 Å². The first-order valence-corrected chi connectivity index (χ1v) is 4.60. The highest BCUT2D eigenvalue weighted by molar-refractivity contribution is 5.66. The second-order valence-corrected chi connectivity index (χ2v) is 2.92. The quantitative estimate of drug-likeness (QED) is 0.471. The number of hydrogen-bond acceptors (Lipinski definition) is 1. The molecule has 0 unspecified atom stereocenters. The van der Waals surface area contributed by atoms with E-state index < -0.39 is 5.97 Å². The summed E-state index contributed by atoms with van der Waals surface area (Å²) in [4.78, 5) is 10.1. The van der Waals surface area contributed by atoms with Crippen LogP contribution in [0.3, 0.4) is 0 Å². The molecule has 0 aromatic heterocycles. The normalized spacial score (nSPS) is 10.8. The van der Waals surface area contributed by atoms with Gasteiger partial charge >= 0.3 is 5.97 Å². The summed E-state index contributed by atoms with van der Waals surface area (Å²) in [6, 6.07) is 0. The second-order valence-electron chi connectivity index (χ2n) is 2.92. The van der Waals surface area contributed by atoms with Gasteiger partial charge < -0.3 is 5.11 Å². The lowest BCUT2D eigenvalue weighted by Crippen LogP contribution is -1.93. The highest BCUT2D eigenvalue weighted by Crippen LogP contribution is 2.05. The fraction of sp³-hybridized carbons (Fsp3) is 0.700. The Balaban J connectivity index is 2.96. The first kappa shape index (κ1) is 11.2. The molecule has 70 valence electrons. The van der Waals surface area contributed by atoms with Crippen molar-refractivity contribution in [2.24, 2.45) is 0 Å². The molecule has 2 nitrogen and oxygen atoms in total. The SMILES string of the molecule is CC=CCCCCCCC(=O)O. The van der Waals surface area contributed by atoms with Crippen LogP contribution >= 0.6 is 0 Å². The Hall–Kier alpha value is -0.790. The number of carboxylic acids is 1. The van der Waals surface area contributed by atoms with Crippen LogP contribution in [-0.4, -0.2) is 11.1 Å². The summed E-state index contributed by atoms with van der Waals surface area (Å²) in [5.74, 6) is -0.677. The van der Waals surface area contributed by atoms with Gasteiger partial charge in [-0.25, -0.2) is 0 Å². The Labute approximate surface area is 74.3 Å². The van der Waals surface area contributed by atoms with E-state index in [0.717, 1.165) is 25.7 Å². The Morgan fingerprint density at radius 1 is 1.25 bits per heavy atom. The summed E-state index contributed by atoms with van der Waals surface area (Å²) in [6.07, 6.45) is 9.86. The highest BCUT2D eigenvalue weighted by atomic mass is 16.4. The van der Waals surface area contributed by atoms with E-state index >= 15 is 0 Å². The lowest BCUT2D eigenvalue weighted by atomic mass is 10.1. The number of hydrogen-bond donors (Lipinski definition) is 1. The van der Waals surface area contributed by atoms with Crippen LogP contribution in [0.4, 0.5) is 0 Å². The van der Waals surface area contributed by atoms with Crippen LogP contribution in [0.25, 0.3) is 0 Å². The average molecular weight is 170 g/mol. The maximum atomic E-state index is 10.1. The third-order valence-corrected chi connectivity index (χ3v) is 1.75. The van der Waals surface area contributed by atoms with Crippen molar-refractivity contribution in [3.63, 3.8) is 0 Å². The molecule has 0 amide bonds. The molecule has 0 saturated carbocycles. The van der Waals surface area contributed by atoms with E-state index in [1.807, 2.05) is 6.92 Å². The monoisotopic (exact) mass is 170 g/mol. The van der Waals surface area contributed by atoms with E-state index in [0.29, 0.717) is 6.42 Å². The predicted molar refractivity (Wildman–Crippen MR) is 50.2 cm³/mol. The van der Waals surface area contributed by atoms with Gasteiger partial charge in [0.05, 0.1) is 0 Å². The molecule has 0 atom stereocenters. The molecule has 1 N–H and O–H groups in total. The number of carbonyl (C=O) groups is 1. The molecule has 2 heteroatoms. The summed E-state index contributed by atoms with van der Waals surface area (Å²) >= 11 is 0. The van der Waals surface area contributed by atoms with Gasteiger partial charge in [0.15, 0.2) is 0 Å². The van der Waals surface area contributed by atoms with Gasteiger partial charge in [0, 0.05) is 6.42 Å². The topological polar surface area (TPSA) is 37.3 Å². The highest BCUT2D eigenvalue weighted by Gasteiger charge is 1.95. The number of allylic oxidation sites excluding steroid dienone is 2. The molecule has 0 fully saturated rings. The lowest BCUT2D eigenvalue weighted by Gasteiger charge is -1.96. The minimum Gasteiger partial charge on any atom is -0.481 e. The lowest BCUT2D eigenvalue weighted by molar-refractivity contribution is -0.137. The molecule has 0 aliphatic heterocycles. The minimum absolute atomic E-state index is 0.323. The summed E-state index contributed by atoms with van der Waals surface area (Å²) < 4.78 is 0. The van der Waals surface area contributed by atoms with E-state index in [-0.39, 0.29) is 0 Å². The summed E-state index contributed by atoms with van der Waals surface area (Å²) in [5, 5.41) is 8.34. The molecule has 12 heavy (non-hydrogen) atoms. The van der Waals surface area contributed by atoms with Gasteiger partial charge in [-0.2, -0.15) is 0 Å².